The van der Waals surface area contributed by atoms with E-state index in [1.807, 2.05) is 37.5 Å². The summed E-state index contributed by atoms with van der Waals surface area (Å²) in [4.78, 5) is 4.34. The van der Waals surface area contributed by atoms with Gasteiger partial charge in [-0.3, -0.25) is 10.4 Å². The molecular weight excluding hydrogens is 210 g/mol. The molecule has 0 aliphatic carbocycles. The third kappa shape index (κ3) is 1.80. The summed E-state index contributed by atoms with van der Waals surface area (Å²) < 4.78 is 0. The first kappa shape index (κ1) is 10.0. The first-order valence-electron chi connectivity index (χ1n) is 5.65. The lowest BCUT2D eigenvalue weighted by molar-refractivity contribution is 0.629. The third-order valence-corrected chi connectivity index (χ3v) is 2.98. The van der Waals surface area contributed by atoms with Crippen molar-refractivity contribution in [2.45, 2.75) is 13.0 Å². The van der Waals surface area contributed by atoms with Crippen molar-refractivity contribution in [2.75, 3.05) is 0 Å². The molecule has 0 saturated heterocycles. The Morgan fingerprint density at radius 2 is 2.00 bits per heavy atom. The average Bonchev–Trinajstić information content (AvgIpc) is 2.39. The molecule has 1 aliphatic heterocycles. The van der Waals surface area contributed by atoms with Crippen molar-refractivity contribution in [3.63, 3.8) is 0 Å². The van der Waals surface area contributed by atoms with Gasteiger partial charge >= 0.3 is 0 Å². The van der Waals surface area contributed by atoms with Crippen LogP contribution in [-0.4, -0.2) is 11.2 Å². The summed E-state index contributed by atoms with van der Waals surface area (Å²) in [5.41, 5.74) is 7.72. The van der Waals surface area contributed by atoms with Gasteiger partial charge in [-0.2, -0.15) is 5.10 Å². The van der Waals surface area contributed by atoms with E-state index in [-0.39, 0.29) is 6.04 Å². The van der Waals surface area contributed by atoms with Gasteiger partial charge in [0.05, 0.1) is 12.3 Å². The van der Waals surface area contributed by atoms with Crippen LogP contribution in [0.1, 0.15) is 28.4 Å². The molecule has 0 radical (unpaired) electrons. The maximum atomic E-state index is 4.34. The van der Waals surface area contributed by atoms with E-state index in [2.05, 4.69) is 33.7 Å². The predicted octanol–water partition coefficient (Wildman–Crippen LogP) is 2.42. The molecule has 0 fully saturated rings. The SMILES string of the molecule is Cc1ccc([C@H]2NN=Cc3ccccc32)cn1. The van der Waals surface area contributed by atoms with Gasteiger partial charge in [-0.15, -0.1) is 0 Å². The van der Waals surface area contributed by atoms with Gasteiger partial charge in [-0.25, -0.2) is 0 Å². The van der Waals surface area contributed by atoms with Crippen LogP contribution in [0, 0.1) is 6.92 Å². The van der Waals surface area contributed by atoms with E-state index < -0.39 is 0 Å². The summed E-state index contributed by atoms with van der Waals surface area (Å²) in [5.74, 6) is 0. The van der Waals surface area contributed by atoms with Gasteiger partial charge in [0.1, 0.15) is 0 Å². The normalized spacial score (nSPS) is 17.4. The van der Waals surface area contributed by atoms with Crippen LogP contribution in [0.15, 0.2) is 47.7 Å². The molecule has 1 aromatic carbocycles. The maximum Gasteiger partial charge on any atom is 0.0960 e. The molecule has 3 nitrogen and oxygen atoms in total. The fourth-order valence-corrected chi connectivity index (χ4v) is 2.05. The first-order valence-corrected chi connectivity index (χ1v) is 5.65. The summed E-state index contributed by atoms with van der Waals surface area (Å²) in [6.07, 6.45) is 3.76. The van der Waals surface area contributed by atoms with E-state index in [0.29, 0.717) is 0 Å². The van der Waals surface area contributed by atoms with Crippen LogP contribution in [0.5, 0.6) is 0 Å². The van der Waals surface area contributed by atoms with Gasteiger partial charge in [0.25, 0.3) is 0 Å². The van der Waals surface area contributed by atoms with Crippen LogP contribution >= 0.6 is 0 Å². The van der Waals surface area contributed by atoms with Crippen molar-refractivity contribution in [3.8, 4) is 0 Å². The van der Waals surface area contributed by atoms with Crippen molar-refractivity contribution in [1.29, 1.82) is 0 Å². The van der Waals surface area contributed by atoms with E-state index in [1.165, 1.54) is 5.56 Å². The number of nitrogens with zero attached hydrogens (tertiary/aromatic N) is 2. The molecule has 0 amide bonds. The standard InChI is InChI=1S/C14H13N3/c1-10-6-7-12(8-15-10)14-13-5-3-2-4-11(13)9-16-17-14/h2-9,14,17H,1H3/t14-/m1/s1. The van der Waals surface area contributed by atoms with Crippen LogP contribution in [0.4, 0.5) is 0 Å². The van der Waals surface area contributed by atoms with Gasteiger partial charge in [0.2, 0.25) is 0 Å². The molecule has 1 atom stereocenters. The van der Waals surface area contributed by atoms with Crippen molar-refractivity contribution < 1.29 is 0 Å². The van der Waals surface area contributed by atoms with Crippen LogP contribution in [-0.2, 0) is 0 Å². The lowest BCUT2D eigenvalue weighted by atomic mass is 9.95. The van der Waals surface area contributed by atoms with Gasteiger partial charge in [-0.1, -0.05) is 30.3 Å². The summed E-state index contributed by atoms with van der Waals surface area (Å²) in [6, 6.07) is 12.5. The number of nitrogens with one attached hydrogen (secondary N) is 1. The molecule has 2 heterocycles. The Kier molecular flexibility index (Phi) is 2.37. The number of pyridine rings is 1. The smallest absolute Gasteiger partial charge is 0.0960 e. The van der Waals surface area contributed by atoms with Gasteiger partial charge < -0.3 is 0 Å². The molecule has 0 saturated carbocycles. The Balaban J connectivity index is 2.05. The van der Waals surface area contributed by atoms with Crippen LogP contribution < -0.4 is 5.43 Å². The van der Waals surface area contributed by atoms with Crippen LogP contribution in [0.3, 0.4) is 0 Å². The minimum absolute atomic E-state index is 0.101. The summed E-state index contributed by atoms with van der Waals surface area (Å²) >= 11 is 0. The third-order valence-electron chi connectivity index (χ3n) is 2.98. The Morgan fingerprint density at radius 1 is 1.12 bits per heavy atom. The van der Waals surface area contributed by atoms with Crippen molar-refractivity contribution in [2.24, 2.45) is 5.10 Å². The molecule has 2 aromatic rings. The Labute approximate surface area is 100 Å². The topological polar surface area (TPSA) is 37.3 Å². The predicted molar refractivity (Wildman–Crippen MR) is 68.0 cm³/mol. The quantitative estimate of drug-likeness (QED) is 0.806. The number of rotatable bonds is 1. The highest BCUT2D eigenvalue weighted by atomic mass is 15.3. The molecule has 84 valence electrons. The zero-order chi connectivity index (χ0) is 11.7. The minimum atomic E-state index is 0.101. The number of hydrazone groups is 1. The lowest BCUT2D eigenvalue weighted by Crippen LogP contribution is -2.22. The Bertz CT molecular complexity index is 558. The summed E-state index contributed by atoms with van der Waals surface area (Å²) in [5, 5.41) is 4.20. The highest BCUT2D eigenvalue weighted by Gasteiger charge is 2.18. The molecular formula is C14H13N3. The van der Waals surface area contributed by atoms with Crippen molar-refractivity contribution >= 4 is 6.21 Å². The lowest BCUT2D eigenvalue weighted by Gasteiger charge is -2.22. The summed E-state index contributed by atoms with van der Waals surface area (Å²) in [7, 11) is 0. The zero-order valence-corrected chi connectivity index (χ0v) is 9.59. The maximum absolute atomic E-state index is 4.34. The summed E-state index contributed by atoms with van der Waals surface area (Å²) in [6.45, 7) is 1.99. The average molecular weight is 223 g/mol. The molecule has 1 aromatic heterocycles. The molecule has 0 unspecified atom stereocenters. The fraction of sp³-hybridized carbons (Fsp3) is 0.143. The molecule has 0 spiro atoms. The van der Waals surface area contributed by atoms with E-state index in [9.17, 15) is 0 Å². The van der Waals surface area contributed by atoms with Gasteiger partial charge in [0.15, 0.2) is 0 Å². The fourth-order valence-electron chi connectivity index (χ4n) is 2.05. The monoisotopic (exact) mass is 223 g/mol. The van der Waals surface area contributed by atoms with E-state index in [4.69, 9.17) is 0 Å². The molecule has 1 aliphatic rings. The number of hydrogen-bond acceptors (Lipinski definition) is 3. The molecule has 3 rings (SSSR count). The number of aromatic nitrogens is 1. The Morgan fingerprint density at radius 3 is 2.82 bits per heavy atom. The van der Waals surface area contributed by atoms with Gasteiger partial charge in [0, 0.05) is 17.5 Å². The van der Waals surface area contributed by atoms with Gasteiger partial charge in [-0.05, 0) is 24.1 Å². The highest BCUT2D eigenvalue weighted by molar-refractivity contribution is 5.83. The second kappa shape index (κ2) is 4.01. The number of hydrogen-bond donors (Lipinski definition) is 1. The minimum Gasteiger partial charge on any atom is -0.298 e. The van der Waals surface area contributed by atoms with Crippen LogP contribution in [0.2, 0.25) is 0 Å². The zero-order valence-electron chi connectivity index (χ0n) is 9.59. The second-order valence-corrected chi connectivity index (χ2v) is 4.18. The van der Waals surface area contributed by atoms with E-state index in [1.54, 1.807) is 0 Å². The first-order chi connectivity index (χ1) is 8.34. The number of aryl methyl sites for hydroxylation is 1. The van der Waals surface area contributed by atoms with Crippen molar-refractivity contribution in [3.05, 3.63) is 65.0 Å². The second-order valence-electron chi connectivity index (χ2n) is 4.18. The largest absolute Gasteiger partial charge is 0.298 e. The van der Waals surface area contributed by atoms with Crippen LogP contribution in [0.25, 0.3) is 0 Å². The molecule has 17 heavy (non-hydrogen) atoms. The Hall–Kier alpha value is -2.16. The van der Waals surface area contributed by atoms with E-state index in [0.717, 1.165) is 16.8 Å². The number of fused-ring (bicyclic) bond motifs is 1. The number of benzene rings is 1. The molecule has 1 N–H and O–H groups in total. The van der Waals surface area contributed by atoms with Crippen molar-refractivity contribution in [1.82, 2.24) is 10.4 Å². The highest BCUT2D eigenvalue weighted by Crippen LogP contribution is 2.26. The van der Waals surface area contributed by atoms with E-state index >= 15 is 0 Å². The molecule has 0 bridgehead atoms. The molecule has 3 heteroatoms.